The summed E-state index contributed by atoms with van der Waals surface area (Å²) in [6.45, 7) is 12.1. The molecule has 2 saturated heterocycles. The smallest absolute Gasteiger partial charge is 0.404 e. The number of benzene rings is 3. The van der Waals surface area contributed by atoms with E-state index in [1.807, 2.05) is 42.5 Å². The highest BCUT2D eigenvalue weighted by Crippen LogP contribution is 2.66. The Labute approximate surface area is 275 Å². The first kappa shape index (κ1) is 31.6. The Morgan fingerprint density at radius 1 is 0.913 bits per heavy atom. The van der Waals surface area contributed by atoms with Gasteiger partial charge in [0.1, 0.15) is 0 Å². The fourth-order valence-corrected chi connectivity index (χ4v) is 8.87. The topological polar surface area (TPSA) is 60.0 Å². The number of carbonyl (C=O) groups excluding carboxylic acids is 1. The van der Waals surface area contributed by atoms with E-state index in [0.29, 0.717) is 29.9 Å². The highest BCUT2D eigenvalue weighted by atomic mass is 16.7. The first-order valence-electron chi connectivity index (χ1n) is 17.4. The predicted octanol–water partition coefficient (Wildman–Crippen LogP) is 7.38. The third-order valence-electron chi connectivity index (χ3n) is 11.5. The molecule has 7 heteroatoms. The van der Waals surface area contributed by atoms with E-state index < -0.39 is 0 Å². The van der Waals surface area contributed by atoms with Crippen molar-refractivity contribution in [1.82, 2.24) is 10.4 Å². The standard InChI is InChI=1S/C39H49BN2O4/c1-26(2)20-36(40-44-35-23-31-22-34(38(31,3)4)39(35,5)46-40)42-32(24-33(45-42)21-27-12-8-6-9-13-27)25-41-37(43)30-18-16-29(17-19-30)28-14-10-7-11-15-28/h6-19,26,31-36H,20-25H2,1-5H3,(H,41,43)/t31-,32?,33?,34-,35+,36-,39-/m0/s1. The molecule has 0 spiro atoms. The van der Waals surface area contributed by atoms with Crippen molar-refractivity contribution in [2.24, 2.45) is 23.2 Å². The number of rotatable bonds is 10. The van der Waals surface area contributed by atoms with Crippen LogP contribution in [0.25, 0.3) is 11.1 Å². The van der Waals surface area contributed by atoms with Gasteiger partial charge in [0.2, 0.25) is 0 Å². The van der Waals surface area contributed by atoms with Gasteiger partial charge in [-0.15, -0.1) is 0 Å². The third kappa shape index (κ3) is 5.96. The predicted molar refractivity (Wildman–Crippen MR) is 183 cm³/mol. The molecule has 2 heterocycles. The Kier molecular flexibility index (Phi) is 8.64. The molecule has 1 amide bonds. The van der Waals surface area contributed by atoms with Crippen molar-refractivity contribution < 1.29 is 18.9 Å². The summed E-state index contributed by atoms with van der Waals surface area (Å²) in [6, 6.07) is 28.6. The van der Waals surface area contributed by atoms with Crippen molar-refractivity contribution in [1.29, 1.82) is 0 Å². The maximum absolute atomic E-state index is 13.4. The second kappa shape index (κ2) is 12.6. The van der Waals surface area contributed by atoms with Crippen molar-refractivity contribution in [3.63, 3.8) is 0 Å². The summed E-state index contributed by atoms with van der Waals surface area (Å²) in [7, 11) is -0.369. The summed E-state index contributed by atoms with van der Waals surface area (Å²) in [5, 5.41) is 5.41. The van der Waals surface area contributed by atoms with E-state index in [1.165, 1.54) is 12.0 Å². The zero-order valence-corrected chi connectivity index (χ0v) is 28.0. The highest BCUT2D eigenvalue weighted by molar-refractivity contribution is 6.47. The molecule has 3 saturated carbocycles. The van der Waals surface area contributed by atoms with Crippen LogP contribution in [-0.2, 0) is 20.6 Å². The Morgan fingerprint density at radius 2 is 1.59 bits per heavy atom. The van der Waals surface area contributed by atoms with Crippen molar-refractivity contribution >= 4 is 13.0 Å². The van der Waals surface area contributed by atoms with Gasteiger partial charge in [-0.25, -0.2) is 0 Å². The second-order valence-electron chi connectivity index (χ2n) is 15.4. The van der Waals surface area contributed by atoms with Gasteiger partial charge in [-0.3, -0.25) is 9.63 Å². The van der Waals surface area contributed by atoms with Crippen molar-refractivity contribution in [2.75, 3.05) is 6.54 Å². The lowest BCUT2D eigenvalue weighted by atomic mass is 9.43. The number of nitrogens with zero attached hydrogens (tertiary/aromatic N) is 1. The monoisotopic (exact) mass is 620 g/mol. The summed E-state index contributed by atoms with van der Waals surface area (Å²) in [5.41, 5.74) is 4.15. The molecule has 8 rings (SSSR count). The van der Waals surface area contributed by atoms with Gasteiger partial charge < -0.3 is 14.6 Å². The van der Waals surface area contributed by atoms with E-state index >= 15 is 0 Å². The minimum absolute atomic E-state index is 0.00208. The van der Waals surface area contributed by atoms with Gasteiger partial charge in [0.15, 0.2) is 0 Å². The average Bonchev–Trinajstić information content (AvgIpc) is 3.63. The first-order valence-corrected chi connectivity index (χ1v) is 17.4. The summed E-state index contributed by atoms with van der Waals surface area (Å²) < 4.78 is 13.9. The fraction of sp³-hybridized carbons (Fsp3) is 0.513. The van der Waals surface area contributed by atoms with E-state index in [1.54, 1.807) is 0 Å². The Hall–Kier alpha value is -2.97. The third-order valence-corrected chi connectivity index (χ3v) is 11.5. The largest absolute Gasteiger partial charge is 0.478 e. The van der Waals surface area contributed by atoms with Gasteiger partial charge in [-0.1, -0.05) is 100 Å². The molecule has 3 aliphatic carbocycles. The van der Waals surface area contributed by atoms with Crippen LogP contribution in [0, 0.1) is 23.2 Å². The molecule has 3 aromatic rings. The van der Waals surface area contributed by atoms with Crippen LogP contribution in [0.4, 0.5) is 0 Å². The molecular formula is C39H49BN2O4. The number of hydrogen-bond donors (Lipinski definition) is 1. The molecule has 46 heavy (non-hydrogen) atoms. The average molecular weight is 621 g/mol. The highest BCUT2D eigenvalue weighted by Gasteiger charge is 2.69. The zero-order chi connectivity index (χ0) is 32.1. The van der Waals surface area contributed by atoms with E-state index in [9.17, 15) is 4.79 Å². The fourth-order valence-electron chi connectivity index (χ4n) is 8.87. The van der Waals surface area contributed by atoms with E-state index in [-0.39, 0.29) is 48.2 Å². The summed E-state index contributed by atoms with van der Waals surface area (Å²) in [4.78, 5) is 20.3. The van der Waals surface area contributed by atoms with Crippen LogP contribution in [-0.4, -0.2) is 54.4 Å². The van der Waals surface area contributed by atoms with Crippen LogP contribution < -0.4 is 5.32 Å². The molecule has 7 atom stereocenters. The minimum atomic E-state index is -0.369. The van der Waals surface area contributed by atoms with Crippen LogP contribution in [0.15, 0.2) is 84.9 Å². The normalized spacial score (nSPS) is 30.6. The molecule has 1 N–H and O–H groups in total. The SMILES string of the molecule is CC(C)C[C@@H](B1O[C@@H]2C[C@@H]3C[C@@H](C3(C)C)[C@]2(C)O1)N1OC(Cc2ccccc2)CC1CNC(=O)c1ccc(-c2ccccc2)cc1. The van der Waals surface area contributed by atoms with E-state index in [2.05, 4.69) is 87.5 Å². The molecule has 2 aliphatic heterocycles. The van der Waals surface area contributed by atoms with Crippen LogP contribution in [0.2, 0.25) is 0 Å². The molecule has 3 aromatic carbocycles. The maximum Gasteiger partial charge on any atom is 0.478 e. The lowest BCUT2D eigenvalue weighted by molar-refractivity contribution is -0.200. The first-order chi connectivity index (χ1) is 22.1. The molecule has 2 bridgehead atoms. The van der Waals surface area contributed by atoms with Gasteiger partial charge in [0.25, 0.3) is 5.91 Å². The van der Waals surface area contributed by atoms with Crippen molar-refractivity contribution in [2.45, 2.75) is 96.5 Å². The Bertz CT molecular complexity index is 1500. The number of carbonyl (C=O) groups is 1. The molecule has 242 valence electrons. The number of amides is 1. The summed E-state index contributed by atoms with van der Waals surface area (Å²) in [6.07, 6.45) is 4.94. The molecule has 2 unspecified atom stereocenters. The van der Waals surface area contributed by atoms with Crippen LogP contribution in [0.3, 0.4) is 0 Å². The van der Waals surface area contributed by atoms with Crippen LogP contribution >= 0.6 is 0 Å². The zero-order valence-electron chi connectivity index (χ0n) is 28.0. The number of hydroxylamine groups is 2. The minimum Gasteiger partial charge on any atom is -0.404 e. The van der Waals surface area contributed by atoms with Crippen LogP contribution in [0.5, 0.6) is 0 Å². The van der Waals surface area contributed by atoms with Gasteiger partial charge in [-0.2, -0.15) is 5.06 Å². The van der Waals surface area contributed by atoms with Crippen molar-refractivity contribution in [3.05, 3.63) is 96.1 Å². The second-order valence-corrected chi connectivity index (χ2v) is 15.4. The van der Waals surface area contributed by atoms with Gasteiger partial charge in [0.05, 0.1) is 29.8 Å². The van der Waals surface area contributed by atoms with Crippen LogP contribution in [0.1, 0.15) is 76.2 Å². The van der Waals surface area contributed by atoms with Gasteiger partial charge in [0, 0.05) is 18.5 Å². The van der Waals surface area contributed by atoms with E-state index in [0.717, 1.165) is 36.8 Å². The van der Waals surface area contributed by atoms with Gasteiger partial charge >= 0.3 is 7.12 Å². The van der Waals surface area contributed by atoms with Crippen molar-refractivity contribution in [3.8, 4) is 11.1 Å². The quantitative estimate of drug-likeness (QED) is 0.240. The lowest BCUT2D eigenvalue weighted by Gasteiger charge is -2.64. The van der Waals surface area contributed by atoms with E-state index in [4.69, 9.17) is 14.1 Å². The Morgan fingerprint density at radius 3 is 2.26 bits per heavy atom. The molecule has 0 aromatic heterocycles. The number of hydrogen-bond acceptors (Lipinski definition) is 5. The number of nitrogens with one attached hydrogen (secondary N) is 1. The molecular weight excluding hydrogens is 571 g/mol. The summed E-state index contributed by atoms with van der Waals surface area (Å²) >= 11 is 0. The molecule has 5 aliphatic rings. The Balaban J connectivity index is 1.09. The summed E-state index contributed by atoms with van der Waals surface area (Å²) in [5.74, 6) is 1.48. The molecule has 5 fully saturated rings. The molecule has 6 nitrogen and oxygen atoms in total. The lowest BCUT2D eigenvalue weighted by Crippen LogP contribution is -2.65. The van der Waals surface area contributed by atoms with Gasteiger partial charge in [-0.05, 0) is 84.6 Å². The maximum atomic E-state index is 13.4. The molecule has 0 radical (unpaired) electrons.